The van der Waals surface area contributed by atoms with E-state index in [1.807, 2.05) is 13.8 Å². The van der Waals surface area contributed by atoms with Gasteiger partial charge >= 0.3 is 5.97 Å². The van der Waals surface area contributed by atoms with Gasteiger partial charge in [0.1, 0.15) is 17.9 Å². The van der Waals surface area contributed by atoms with Crippen LogP contribution in [0.3, 0.4) is 0 Å². The first-order valence-corrected chi connectivity index (χ1v) is 6.39. The zero-order valence-corrected chi connectivity index (χ0v) is 12.1. The van der Waals surface area contributed by atoms with Crippen LogP contribution in [0, 0.1) is 6.92 Å². The summed E-state index contributed by atoms with van der Waals surface area (Å²) >= 11 is 0. The number of rotatable bonds is 5. The lowest BCUT2D eigenvalue weighted by Crippen LogP contribution is -2.39. The second kappa shape index (κ2) is 6.31. The largest absolute Gasteiger partial charge is 0.480 e. The van der Waals surface area contributed by atoms with Gasteiger partial charge in [0.2, 0.25) is 0 Å². The van der Waals surface area contributed by atoms with Crippen molar-refractivity contribution in [2.45, 2.75) is 33.6 Å². The van der Waals surface area contributed by atoms with E-state index in [1.54, 1.807) is 13.8 Å². The Morgan fingerprint density at radius 2 is 2.00 bits per heavy atom. The number of aryl methyl sites for hydroxylation is 1. The van der Waals surface area contributed by atoms with Gasteiger partial charge in [-0.1, -0.05) is 13.8 Å². The first-order chi connectivity index (χ1) is 9.27. The molecule has 1 aromatic heterocycles. The van der Waals surface area contributed by atoms with Crippen LogP contribution >= 0.6 is 0 Å². The Hall–Kier alpha value is -2.18. The Labute approximate surface area is 116 Å². The minimum Gasteiger partial charge on any atom is -0.480 e. The number of carbonyl (C=O) groups excluding carboxylic acids is 1. The predicted molar refractivity (Wildman–Crippen MR) is 72.9 cm³/mol. The standard InChI is InChI=1S/C13H19N3O4/c1-5-16(6-9(17)18)13(20)10-8(4)14-11(7(2)3)15-12(10)19/h7H,5-6H2,1-4H3,(H,17,18)(H,14,15,19). The van der Waals surface area contributed by atoms with Crippen LogP contribution in [0.5, 0.6) is 0 Å². The Morgan fingerprint density at radius 3 is 2.40 bits per heavy atom. The third-order valence-electron chi connectivity index (χ3n) is 2.87. The molecule has 7 nitrogen and oxygen atoms in total. The molecule has 2 N–H and O–H groups in total. The van der Waals surface area contributed by atoms with Crippen LogP contribution in [0.4, 0.5) is 0 Å². The molecule has 0 saturated carbocycles. The summed E-state index contributed by atoms with van der Waals surface area (Å²) in [5.74, 6) is -1.20. The summed E-state index contributed by atoms with van der Waals surface area (Å²) in [4.78, 5) is 42.8. The van der Waals surface area contributed by atoms with Gasteiger partial charge in [0, 0.05) is 12.5 Å². The highest BCUT2D eigenvalue weighted by Crippen LogP contribution is 2.10. The van der Waals surface area contributed by atoms with Crippen LogP contribution in [0.25, 0.3) is 0 Å². The van der Waals surface area contributed by atoms with E-state index in [2.05, 4.69) is 9.97 Å². The summed E-state index contributed by atoms with van der Waals surface area (Å²) in [7, 11) is 0. The van der Waals surface area contributed by atoms with E-state index in [-0.39, 0.29) is 18.0 Å². The van der Waals surface area contributed by atoms with Crippen LogP contribution < -0.4 is 5.56 Å². The van der Waals surface area contributed by atoms with Crippen molar-refractivity contribution in [1.29, 1.82) is 0 Å². The van der Waals surface area contributed by atoms with Gasteiger partial charge in [-0.25, -0.2) is 4.98 Å². The van der Waals surface area contributed by atoms with Gasteiger partial charge in [-0.05, 0) is 13.8 Å². The molecular formula is C13H19N3O4. The highest BCUT2D eigenvalue weighted by Gasteiger charge is 2.23. The van der Waals surface area contributed by atoms with E-state index in [0.717, 1.165) is 4.90 Å². The maximum Gasteiger partial charge on any atom is 0.323 e. The summed E-state index contributed by atoms with van der Waals surface area (Å²) in [6.45, 7) is 6.74. The lowest BCUT2D eigenvalue weighted by atomic mass is 10.1. The van der Waals surface area contributed by atoms with Gasteiger partial charge in [-0.3, -0.25) is 14.4 Å². The Morgan fingerprint density at radius 1 is 1.40 bits per heavy atom. The summed E-state index contributed by atoms with van der Waals surface area (Å²) in [5.41, 5.74) is -0.321. The number of carboxylic acid groups (broad SMARTS) is 1. The fraction of sp³-hybridized carbons (Fsp3) is 0.538. The third-order valence-corrected chi connectivity index (χ3v) is 2.87. The first kappa shape index (κ1) is 15.9. The lowest BCUT2D eigenvalue weighted by molar-refractivity contribution is -0.137. The molecule has 0 aromatic carbocycles. The van der Waals surface area contributed by atoms with Gasteiger partial charge in [0.15, 0.2) is 0 Å². The smallest absolute Gasteiger partial charge is 0.323 e. The van der Waals surface area contributed by atoms with Crippen molar-refractivity contribution in [1.82, 2.24) is 14.9 Å². The molecule has 1 heterocycles. The minimum atomic E-state index is -1.12. The fourth-order valence-corrected chi connectivity index (χ4v) is 1.78. The van der Waals surface area contributed by atoms with Crippen LogP contribution in [-0.4, -0.2) is 44.9 Å². The van der Waals surface area contributed by atoms with Crippen LogP contribution in [0.2, 0.25) is 0 Å². The van der Waals surface area contributed by atoms with E-state index < -0.39 is 24.0 Å². The monoisotopic (exact) mass is 281 g/mol. The number of carboxylic acids is 1. The number of hydrogen-bond acceptors (Lipinski definition) is 4. The molecule has 0 bridgehead atoms. The molecule has 0 spiro atoms. The molecule has 0 radical (unpaired) electrons. The van der Waals surface area contributed by atoms with Crippen molar-refractivity contribution in [3.8, 4) is 0 Å². The Balaban J connectivity index is 3.22. The number of nitrogens with zero attached hydrogens (tertiary/aromatic N) is 2. The predicted octanol–water partition coefficient (Wildman–Crippen LogP) is 0.748. The van der Waals surface area contributed by atoms with Gasteiger partial charge in [-0.15, -0.1) is 0 Å². The van der Waals surface area contributed by atoms with Crippen LogP contribution in [-0.2, 0) is 4.79 Å². The molecular weight excluding hydrogens is 262 g/mol. The molecule has 0 aliphatic carbocycles. The summed E-state index contributed by atoms with van der Waals surface area (Å²) in [5, 5.41) is 8.77. The number of nitrogens with one attached hydrogen (secondary N) is 1. The minimum absolute atomic E-state index is 0.0341. The number of aromatic amines is 1. The number of amides is 1. The number of H-pyrrole nitrogens is 1. The van der Waals surface area contributed by atoms with Crippen LogP contribution in [0.1, 0.15) is 48.6 Å². The van der Waals surface area contributed by atoms with Crippen molar-refractivity contribution in [2.24, 2.45) is 0 Å². The molecule has 1 aromatic rings. The van der Waals surface area contributed by atoms with Gasteiger partial charge in [-0.2, -0.15) is 0 Å². The number of aliphatic carboxylic acids is 1. The van der Waals surface area contributed by atoms with E-state index in [4.69, 9.17) is 5.11 Å². The zero-order chi connectivity index (χ0) is 15.4. The second-order valence-electron chi connectivity index (χ2n) is 4.78. The van der Waals surface area contributed by atoms with E-state index >= 15 is 0 Å². The number of aromatic nitrogens is 2. The van der Waals surface area contributed by atoms with E-state index in [0.29, 0.717) is 11.5 Å². The van der Waals surface area contributed by atoms with Crippen molar-refractivity contribution in [3.05, 3.63) is 27.4 Å². The molecule has 1 rings (SSSR count). The SMILES string of the molecule is CCN(CC(=O)O)C(=O)c1c(C)nc(C(C)C)[nH]c1=O. The number of likely N-dealkylation sites (N-methyl/N-ethyl adjacent to an activating group) is 1. The summed E-state index contributed by atoms with van der Waals surface area (Å²) < 4.78 is 0. The molecule has 0 atom stereocenters. The molecule has 110 valence electrons. The maximum absolute atomic E-state index is 12.2. The Kier molecular flexibility index (Phi) is 5.01. The normalized spacial score (nSPS) is 10.7. The molecule has 0 aliphatic heterocycles. The number of carbonyl (C=O) groups is 2. The number of hydrogen-bond donors (Lipinski definition) is 2. The highest BCUT2D eigenvalue weighted by molar-refractivity contribution is 5.96. The first-order valence-electron chi connectivity index (χ1n) is 6.39. The zero-order valence-electron chi connectivity index (χ0n) is 12.1. The molecule has 0 unspecified atom stereocenters. The van der Waals surface area contributed by atoms with E-state index in [1.165, 1.54) is 0 Å². The van der Waals surface area contributed by atoms with Gasteiger partial charge < -0.3 is 15.0 Å². The van der Waals surface area contributed by atoms with Crippen molar-refractivity contribution < 1.29 is 14.7 Å². The molecule has 0 fully saturated rings. The molecule has 0 saturated heterocycles. The van der Waals surface area contributed by atoms with E-state index in [9.17, 15) is 14.4 Å². The quantitative estimate of drug-likeness (QED) is 0.828. The van der Waals surface area contributed by atoms with Crippen molar-refractivity contribution in [2.75, 3.05) is 13.1 Å². The average molecular weight is 281 g/mol. The molecule has 1 amide bonds. The molecule has 20 heavy (non-hydrogen) atoms. The topological polar surface area (TPSA) is 103 Å². The third kappa shape index (κ3) is 3.43. The average Bonchev–Trinajstić information content (AvgIpc) is 2.34. The van der Waals surface area contributed by atoms with Gasteiger partial charge in [0.05, 0.1) is 5.69 Å². The van der Waals surface area contributed by atoms with Crippen LogP contribution in [0.15, 0.2) is 4.79 Å². The van der Waals surface area contributed by atoms with Crippen molar-refractivity contribution in [3.63, 3.8) is 0 Å². The fourth-order valence-electron chi connectivity index (χ4n) is 1.78. The highest BCUT2D eigenvalue weighted by atomic mass is 16.4. The summed E-state index contributed by atoms with van der Waals surface area (Å²) in [6, 6.07) is 0. The Bertz CT molecular complexity index is 577. The lowest BCUT2D eigenvalue weighted by Gasteiger charge is -2.19. The molecule has 7 heteroatoms. The van der Waals surface area contributed by atoms with Crippen molar-refractivity contribution >= 4 is 11.9 Å². The second-order valence-corrected chi connectivity index (χ2v) is 4.78. The van der Waals surface area contributed by atoms with Gasteiger partial charge in [0.25, 0.3) is 11.5 Å². The summed E-state index contributed by atoms with van der Waals surface area (Å²) in [6.07, 6.45) is 0. The molecule has 0 aliphatic rings. The maximum atomic E-state index is 12.2.